The van der Waals surface area contributed by atoms with Crippen LogP contribution in [0.2, 0.25) is 0 Å². The molecule has 0 saturated heterocycles. The highest BCUT2D eigenvalue weighted by Gasteiger charge is 2.49. The van der Waals surface area contributed by atoms with Crippen molar-refractivity contribution in [3.8, 4) is 5.75 Å². The minimum atomic E-state index is -0.250. The highest BCUT2D eigenvalue weighted by molar-refractivity contribution is 5.31. The fraction of sp³-hybridized carbons (Fsp3) is 0.368. The van der Waals surface area contributed by atoms with Crippen LogP contribution in [0.15, 0.2) is 54.6 Å². The number of aliphatic hydroxyl groups is 1. The van der Waals surface area contributed by atoms with Crippen LogP contribution in [-0.2, 0) is 6.42 Å². The van der Waals surface area contributed by atoms with Crippen molar-refractivity contribution in [2.45, 2.75) is 38.9 Å². The summed E-state index contributed by atoms with van der Waals surface area (Å²) in [6.45, 7) is 4.10. The zero-order valence-electron chi connectivity index (χ0n) is 12.6. The lowest BCUT2D eigenvalue weighted by Crippen LogP contribution is -2.56. The van der Waals surface area contributed by atoms with Crippen LogP contribution in [0.3, 0.4) is 0 Å². The first-order valence-corrected chi connectivity index (χ1v) is 7.53. The maximum atomic E-state index is 9.75. The zero-order chi connectivity index (χ0) is 14.9. The predicted octanol–water partition coefficient (Wildman–Crippen LogP) is 3.82. The van der Waals surface area contributed by atoms with Crippen molar-refractivity contribution in [2.75, 3.05) is 0 Å². The molecular formula is C19H22O2. The molecule has 21 heavy (non-hydrogen) atoms. The Morgan fingerprint density at radius 1 is 1.00 bits per heavy atom. The van der Waals surface area contributed by atoms with E-state index in [1.54, 1.807) is 0 Å². The third-order valence-corrected chi connectivity index (χ3v) is 4.58. The second-order valence-corrected chi connectivity index (χ2v) is 6.49. The topological polar surface area (TPSA) is 29.5 Å². The fourth-order valence-electron chi connectivity index (χ4n) is 2.75. The largest absolute Gasteiger partial charge is 0.490 e. The van der Waals surface area contributed by atoms with Gasteiger partial charge in [-0.15, -0.1) is 0 Å². The van der Waals surface area contributed by atoms with Gasteiger partial charge in [-0.05, 0) is 29.7 Å². The Morgan fingerprint density at radius 3 is 2.19 bits per heavy atom. The van der Waals surface area contributed by atoms with Gasteiger partial charge in [-0.3, -0.25) is 0 Å². The molecule has 0 aliphatic heterocycles. The summed E-state index contributed by atoms with van der Waals surface area (Å²) >= 11 is 0. The van der Waals surface area contributed by atoms with E-state index < -0.39 is 0 Å². The van der Waals surface area contributed by atoms with Gasteiger partial charge in [0.05, 0.1) is 6.10 Å². The first kappa shape index (κ1) is 14.2. The van der Waals surface area contributed by atoms with Gasteiger partial charge in [0.15, 0.2) is 0 Å². The zero-order valence-corrected chi connectivity index (χ0v) is 12.6. The summed E-state index contributed by atoms with van der Waals surface area (Å²) in [6.07, 6.45) is 1.51. The normalized spacial score (nSPS) is 23.4. The van der Waals surface area contributed by atoms with Gasteiger partial charge in [0.2, 0.25) is 0 Å². The first-order chi connectivity index (χ1) is 10.1. The maximum absolute atomic E-state index is 9.75. The molecule has 1 N–H and O–H groups in total. The Bertz CT molecular complexity index is 587. The van der Waals surface area contributed by atoms with Gasteiger partial charge in [0.1, 0.15) is 11.9 Å². The highest BCUT2D eigenvalue weighted by Crippen LogP contribution is 2.42. The molecule has 110 valence electrons. The molecule has 0 heterocycles. The van der Waals surface area contributed by atoms with Crippen molar-refractivity contribution in [2.24, 2.45) is 5.41 Å². The Balaban J connectivity index is 1.62. The second kappa shape index (κ2) is 5.53. The van der Waals surface area contributed by atoms with Crippen LogP contribution in [0.4, 0.5) is 0 Å². The molecule has 0 amide bonds. The van der Waals surface area contributed by atoms with Gasteiger partial charge in [-0.2, -0.15) is 0 Å². The van der Waals surface area contributed by atoms with E-state index in [4.69, 9.17) is 4.74 Å². The molecule has 0 spiro atoms. The fourth-order valence-corrected chi connectivity index (χ4v) is 2.75. The second-order valence-electron chi connectivity index (χ2n) is 6.49. The summed E-state index contributed by atoms with van der Waals surface area (Å²) in [6, 6.07) is 18.7. The smallest absolute Gasteiger partial charge is 0.119 e. The van der Waals surface area contributed by atoms with Gasteiger partial charge in [-0.1, -0.05) is 56.3 Å². The van der Waals surface area contributed by atoms with E-state index in [0.717, 1.165) is 18.6 Å². The quantitative estimate of drug-likeness (QED) is 0.924. The maximum Gasteiger partial charge on any atom is 0.119 e. The van der Waals surface area contributed by atoms with Crippen LogP contribution >= 0.6 is 0 Å². The van der Waals surface area contributed by atoms with E-state index in [2.05, 4.69) is 50.2 Å². The van der Waals surface area contributed by atoms with E-state index in [-0.39, 0.29) is 17.6 Å². The number of hydrogen-bond acceptors (Lipinski definition) is 2. The molecule has 1 aliphatic rings. The van der Waals surface area contributed by atoms with Crippen molar-refractivity contribution in [3.05, 3.63) is 65.7 Å². The highest BCUT2D eigenvalue weighted by atomic mass is 16.5. The van der Waals surface area contributed by atoms with Gasteiger partial charge < -0.3 is 9.84 Å². The molecule has 2 heteroatoms. The Labute approximate surface area is 126 Å². The molecule has 1 saturated carbocycles. The van der Waals surface area contributed by atoms with Crippen LogP contribution in [-0.4, -0.2) is 17.3 Å². The van der Waals surface area contributed by atoms with Crippen molar-refractivity contribution in [1.82, 2.24) is 0 Å². The summed E-state index contributed by atoms with van der Waals surface area (Å²) < 4.78 is 5.98. The minimum absolute atomic E-state index is 0.104. The lowest BCUT2D eigenvalue weighted by Gasteiger charge is -2.48. The van der Waals surface area contributed by atoms with Gasteiger partial charge >= 0.3 is 0 Å². The summed E-state index contributed by atoms with van der Waals surface area (Å²) in [5, 5.41) is 9.75. The molecule has 2 aromatic rings. The third kappa shape index (κ3) is 2.96. The van der Waals surface area contributed by atoms with Crippen LogP contribution in [0.1, 0.15) is 31.4 Å². The first-order valence-electron chi connectivity index (χ1n) is 7.53. The molecule has 3 rings (SSSR count). The van der Waals surface area contributed by atoms with Gasteiger partial charge in [0, 0.05) is 11.8 Å². The number of ether oxygens (including phenoxy) is 1. The molecule has 0 radical (unpaired) electrons. The molecule has 2 aromatic carbocycles. The van der Waals surface area contributed by atoms with Crippen molar-refractivity contribution >= 4 is 0 Å². The minimum Gasteiger partial charge on any atom is -0.490 e. The molecule has 1 fully saturated rings. The average molecular weight is 282 g/mol. The molecule has 1 aliphatic carbocycles. The summed E-state index contributed by atoms with van der Waals surface area (Å²) in [5.74, 6) is 0.886. The van der Waals surface area contributed by atoms with Crippen LogP contribution in [0.25, 0.3) is 0 Å². The number of hydrogen-bond donors (Lipinski definition) is 1. The molecular weight excluding hydrogens is 260 g/mol. The average Bonchev–Trinajstić information content (AvgIpc) is 2.50. The van der Waals surface area contributed by atoms with E-state index in [0.29, 0.717) is 0 Å². The van der Waals surface area contributed by atoms with E-state index in [1.165, 1.54) is 11.1 Å². The van der Waals surface area contributed by atoms with E-state index in [9.17, 15) is 5.11 Å². The summed E-state index contributed by atoms with van der Waals surface area (Å²) in [5.41, 5.74) is 2.44. The van der Waals surface area contributed by atoms with Crippen molar-refractivity contribution < 1.29 is 9.84 Å². The standard InChI is InChI=1S/C19H22O2/c1-19(2)17(20)13-18(19)21-16-10-8-15(9-11-16)12-14-6-4-3-5-7-14/h3-11,17-18,20H,12-13H2,1-2H3. The van der Waals surface area contributed by atoms with Gasteiger partial charge in [-0.25, -0.2) is 0 Å². The monoisotopic (exact) mass is 282 g/mol. The molecule has 0 bridgehead atoms. The van der Waals surface area contributed by atoms with E-state index >= 15 is 0 Å². The Hall–Kier alpha value is -1.80. The number of aliphatic hydroxyl groups excluding tert-OH is 1. The number of benzene rings is 2. The third-order valence-electron chi connectivity index (χ3n) is 4.58. The SMILES string of the molecule is CC1(C)C(O)CC1Oc1ccc(Cc2ccccc2)cc1. The molecule has 2 nitrogen and oxygen atoms in total. The lowest BCUT2D eigenvalue weighted by atomic mass is 9.66. The molecule has 2 atom stereocenters. The van der Waals surface area contributed by atoms with Crippen LogP contribution in [0.5, 0.6) is 5.75 Å². The number of rotatable bonds is 4. The van der Waals surface area contributed by atoms with E-state index in [1.807, 2.05) is 18.2 Å². The Morgan fingerprint density at radius 2 is 1.62 bits per heavy atom. The van der Waals surface area contributed by atoms with Gasteiger partial charge in [0.25, 0.3) is 0 Å². The van der Waals surface area contributed by atoms with Crippen LogP contribution in [0, 0.1) is 5.41 Å². The van der Waals surface area contributed by atoms with Crippen LogP contribution < -0.4 is 4.74 Å². The molecule has 0 aromatic heterocycles. The summed E-state index contributed by atoms with van der Waals surface area (Å²) in [4.78, 5) is 0. The summed E-state index contributed by atoms with van der Waals surface area (Å²) in [7, 11) is 0. The molecule has 2 unspecified atom stereocenters. The van der Waals surface area contributed by atoms with Crippen molar-refractivity contribution in [3.63, 3.8) is 0 Å². The van der Waals surface area contributed by atoms with Crippen molar-refractivity contribution in [1.29, 1.82) is 0 Å². The Kier molecular flexibility index (Phi) is 3.73. The predicted molar refractivity (Wildman–Crippen MR) is 84.5 cm³/mol. The lowest BCUT2D eigenvalue weighted by molar-refractivity contribution is -0.134.